The molecule has 1 aliphatic rings. The molecule has 19 heavy (non-hydrogen) atoms. The van der Waals surface area contributed by atoms with Crippen molar-refractivity contribution in [2.45, 2.75) is 32.2 Å². The molecule has 3 nitrogen and oxygen atoms in total. The van der Waals surface area contributed by atoms with Crippen molar-refractivity contribution < 1.29 is 0 Å². The molecule has 1 heterocycles. The molecule has 0 bridgehead atoms. The van der Waals surface area contributed by atoms with Crippen molar-refractivity contribution in [2.24, 2.45) is 0 Å². The minimum atomic E-state index is 0.635. The van der Waals surface area contributed by atoms with Gasteiger partial charge in [-0.3, -0.25) is 0 Å². The fourth-order valence-corrected chi connectivity index (χ4v) is 2.74. The van der Waals surface area contributed by atoms with Crippen molar-refractivity contribution in [2.75, 3.05) is 43.5 Å². The highest BCUT2D eigenvalue weighted by molar-refractivity contribution is 5.59. The third kappa shape index (κ3) is 3.87. The molecule has 1 unspecified atom stereocenters. The molecule has 1 aromatic carbocycles. The molecule has 3 heteroatoms. The molecular weight excluding hydrogens is 234 g/mol. The Labute approximate surface area is 117 Å². The van der Waals surface area contributed by atoms with Crippen LogP contribution in [-0.2, 0) is 0 Å². The van der Waals surface area contributed by atoms with E-state index in [-0.39, 0.29) is 0 Å². The van der Waals surface area contributed by atoms with Crippen LogP contribution in [0.1, 0.15) is 26.2 Å². The van der Waals surface area contributed by atoms with Gasteiger partial charge in [0, 0.05) is 44.6 Å². The second kappa shape index (κ2) is 6.80. The summed E-state index contributed by atoms with van der Waals surface area (Å²) in [7, 11) is 4.20. The Bertz CT molecular complexity index is 389. The van der Waals surface area contributed by atoms with Gasteiger partial charge in [0.1, 0.15) is 0 Å². The van der Waals surface area contributed by atoms with E-state index >= 15 is 0 Å². The lowest BCUT2D eigenvalue weighted by Gasteiger charge is -2.27. The number of hydrogen-bond donors (Lipinski definition) is 1. The van der Waals surface area contributed by atoms with Crippen LogP contribution in [0.3, 0.4) is 0 Å². The smallest absolute Gasteiger partial charge is 0.0387 e. The van der Waals surface area contributed by atoms with Crippen molar-refractivity contribution in [3.63, 3.8) is 0 Å². The standard InChI is InChI=1S/C16H27N3/c1-4-7-14-13-19(11-6-10-17-14)16-9-5-8-15(12-16)18(2)3/h5,8-9,12,14,17H,4,6-7,10-11,13H2,1-3H3. The molecular formula is C16H27N3. The molecule has 1 N–H and O–H groups in total. The van der Waals surface area contributed by atoms with Gasteiger partial charge in [-0.1, -0.05) is 19.4 Å². The van der Waals surface area contributed by atoms with E-state index in [1.165, 1.54) is 30.6 Å². The highest BCUT2D eigenvalue weighted by Gasteiger charge is 2.17. The maximum Gasteiger partial charge on any atom is 0.0387 e. The second-order valence-corrected chi connectivity index (χ2v) is 5.65. The van der Waals surface area contributed by atoms with E-state index in [0.29, 0.717) is 6.04 Å². The molecule has 1 saturated heterocycles. The van der Waals surface area contributed by atoms with Gasteiger partial charge in [0.15, 0.2) is 0 Å². The SMILES string of the molecule is CCCC1CN(c2cccc(N(C)C)c2)CCCN1. The minimum Gasteiger partial charge on any atom is -0.378 e. The average Bonchev–Trinajstić information content (AvgIpc) is 2.65. The van der Waals surface area contributed by atoms with Crippen molar-refractivity contribution in [3.05, 3.63) is 24.3 Å². The molecule has 2 rings (SSSR count). The molecule has 0 radical (unpaired) electrons. The van der Waals surface area contributed by atoms with E-state index in [1.54, 1.807) is 0 Å². The van der Waals surface area contributed by atoms with Crippen LogP contribution in [0.4, 0.5) is 11.4 Å². The molecule has 0 saturated carbocycles. The topological polar surface area (TPSA) is 18.5 Å². The fraction of sp³-hybridized carbons (Fsp3) is 0.625. The van der Waals surface area contributed by atoms with E-state index in [4.69, 9.17) is 0 Å². The van der Waals surface area contributed by atoms with E-state index in [1.807, 2.05) is 0 Å². The van der Waals surface area contributed by atoms with Crippen LogP contribution in [0.25, 0.3) is 0 Å². The maximum atomic E-state index is 3.67. The summed E-state index contributed by atoms with van der Waals surface area (Å²) in [6.07, 6.45) is 3.75. The highest BCUT2D eigenvalue weighted by Crippen LogP contribution is 2.22. The zero-order chi connectivity index (χ0) is 13.7. The van der Waals surface area contributed by atoms with Crippen LogP contribution in [-0.4, -0.2) is 39.8 Å². The van der Waals surface area contributed by atoms with E-state index in [0.717, 1.165) is 19.6 Å². The minimum absolute atomic E-state index is 0.635. The van der Waals surface area contributed by atoms with E-state index in [2.05, 4.69) is 60.4 Å². The molecule has 0 amide bonds. The normalized spacial score (nSPS) is 20.2. The lowest BCUT2D eigenvalue weighted by Crippen LogP contribution is -2.37. The molecule has 1 fully saturated rings. The first-order valence-electron chi connectivity index (χ1n) is 7.46. The number of anilines is 2. The van der Waals surface area contributed by atoms with Gasteiger partial charge in [0.25, 0.3) is 0 Å². The maximum absolute atomic E-state index is 3.67. The molecule has 0 spiro atoms. The van der Waals surface area contributed by atoms with Crippen LogP contribution < -0.4 is 15.1 Å². The molecule has 1 aliphatic heterocycles. The third-order valence-corrected chi connectivity index (χ3v) is 3.83. The van der Waals surface area contributed by atoms with Gasteiger partial charge in [0.2, 0.25) is 0 Å². The van der Waals surface area contributed by atoms with Gasteiger partial charge in [-0.05, 0) is 37.6 Å². The highest BCUT2D eigenvalue weighted by atomic mass is 15.2. The van der Waals surface area contributed by atoms with Crippen molar-refractivity contribution in [3.8, 4) is 0 Å². The van der Waals surface area contributed by atoms with Gasteiger partial charge in [-0.25, -0.2) is 0 Å². The third-order valence-electron chi connectivity index (χ3n) is 3.83. The summed E-state index contributed by atoms with van der Waals surface area (Å²) in [5, 5.41) is 3.67. The number of rotatable bonds is 4. The zero-order valence-corrected chi connectivity index (χ0v) is 12.5. The van der Waals surface area contributed by atoms with E-state index < -0.39 is 0 Å². The lowest BCUT2D eigenvalue weighted by atomic mass is 10.1. The van der Waals surface area contributed by atoms with Gasteiger partial charge < -0.3 is 15.1 Å². The first-order chi connectivity index (χ1) is 9.20. The summed E-state index contributed by atoms with van der Waals surface area (Å²) < 4.78 is 0. The molecule has 1 atom stereocenters. The van der Waals surface area contributed by atoms with Gasteiger partial charge in [-0.15, -0.1) is 0 Å². The number of nitrogens with one attached hydrogen (secondary N) is 1. The lowest BCUT2D eigenvalue weighted by molar-refractivity contribution is 0.502. The number of hydrogen-bond acceptors (Lipinski definition) is 3. The van der Waals surface area contributed by atoms with E-state index in [9.17, 15) is 0 Å². The van der Waals surface area contributed by atoms with Crippen LogP contribution in [0.2, 0.25) is 0 Å². The van der Waals surface area contributed by atoms with Crippen LogP contribution in [0.5, 0.6) is 0 Å². The predicted molar refractivity (Wildman–Crippen MR) is 84.3 cm³/mol. The largest absolute Gasteiger partial charge is 0.378 e. The summed E-state index contributed by atoms with van der Waals surface area (Å²) in [4.78, 5) is 4.70. The number of benzene rings is 1. The second-order valence-electron chi connectivity index (χ2n) is 5.65. The zero-order valence-electron chi connectivity index (χ0n) is 12.5. The summed E-state index contributed by atoms with van der Waals surface area (Å²) in [6.45, 7) is 5.70. The van der Waals surface area contributed by atoms with Gasteiger partial charge >= 0.3 is 0 Å². The Morgan fingerprint density at radius 3 is 2.95 bits per heavy atom. The summed E-state index contributed by atoms with van der Waals surface area (Å²) in [6, 6.07) is 9.51. The molecule has 1 aromatic rings. The molecule has 0 aliphatic carbocycles. The van der Waals surface area contributed by atoms with Crippen molar-refractivity contribution >= 4 is 11.4 Å². The van der Waals surface area contributed by atoms with Crippen molar-refractivity contribution in [1.29, 1.82) is 0 Å². The predicted octanol–water partition coefficient (Wildman–Crippen LogP) is 2.72. The quantitative estimate of drug-likeness (QED) is 0.899. The number of nitrogens with zero attached hydrogens (tertiary/aromatic N) is 2. The fourth-order valence-electron chi connectivity index (χ4n) is 2.74. The Balaban J connectivity index is 2.12. The van der Waals surface area contributed by atoms with Crippen LogP contribution >= 0.6 is 0 Å². The summed E-state index contributed by atoms with van der Waals surface area (Å²) in [5.41, 5.74) is 2.64. The van der Waals surface area contributed by atoms with Crippen molar-refractivity contribution in [1.82, 2.24) is 5.32 Å². The molecule has 0 aromatic heterocycles. The van der Waals surface area contributed by atoms with Crippen LogP contribution in [0.15, 0.2) is 24.3 Å². The first-order valence-corrected chi connectivity index (χ1v) is 7.46. The van der Waals surface area contributed by atoms with Gasteiger partial charge in [0.05, 0.1) is 0 Å². The van der Waals surface area contributed by atoms with Crippen LogP contribution in [0, 0.1) is 0 Å². The summed E-state index contributed by atoms with van der Waals surface area (Å²) >= 11 is 0. The Morgan fingerprint density at radius 1 is 1.37 bits per heavy atom. The monoisotopic (exact) mass is 261 g/mol. The molecule has 106 valence electrons. The first kappa shape index (κ1) is 14.2. The Morgan fingerprint density at radius 2 is 2.21 bits per heavy atom. The Kier molecular flexibility index (Phi) is 5.08. The average molecular weight is 261 g/mol. The van der Waals surface area contributed by atoms with Gasteiger partial charge in [-0.2, -0.15) is 0 Å². The Hall–Kier alpha value is -1.22. The summed E-state index contributed by atoms with van der Waals surface area (Å²) in [5.74, 6) is 0.